The zero-order valence-electron chi connectivity index (χ0n) is 18.6. The molecule has 2 aromatic carbocycles. The fraction of sp³-hybridized carbons (Fsp3) is 0.318. The molecule has 0 fully saturated rings. The predicted octanol–water partition coefficient (Wildman–Crippen LogP) is 5.17. The number of thioether (sulfide) groups is 1. The molecule has 1 aromatic heterocycles. The Morgan fingerprint density at radius 2 is 1.85 bits per heavy atom. The Hall–Kier alpha value is -3.47. The van der Waals surface area contributed by atoms with E-state index in [1.807, 2.05) is 25.3 Å². The molecule has 1 amide bonds. The summed E-state index contributed by atoms with van der Waals surface area (Å²) in [5.41, 5.74) is 0.237. The predicted molar refractivity (Wildman–Crippen MR) is 123 cm³/mol. The van der Waals surface area contributed by atoms with Crippen molar-refractivity contribution in [3.05, 3.63) is 70.3 Å². The molecule has 0 spiro atoms. The van der Waals surface area contributed by atoms with Crippen molar-refractivity contribution >= 4 is 29.0 Å². The van der Waals surface area contributed by atoms with Crippen LogP contribution in [-0.2, 0) is 4.79 Å². The maximum absolute atomic E-state index is 13.2. The standard InChI is InChI=1S/C22H24FN5O4S/c1-13(2)27-20(14(3)32-19-10-8-16(23)9-11-19)25-26-22(27)33-15(4)21(29)24-17-6-5-7-18(12-17)28(30)31/h5-15H,1-4H3,(H,24,29). The average Bonchev–Trinajstić information content (AvgIpc) is 3.19. The van der Waals surface area contributed by atoms with Crippen molar-refractivity contribution in [1.29, 1.82) is 0 Å². The molecule has 0 aliphatic carbocycles. The Balaban J connectivity index is 1.73. The van der Waals surface area contributed by atoms with E-state index in [1.54, 1.807) is 13.0 Å². The summed E-state index contributed by atoms with van der Waals surface area (Å²) in [6.07, 6.45) is -0.464. The van der Waals surface area contributed by atoms with Crippen LogP contribution in [-0.4, -0.2) is 30.8 Å². The summed E-state index contributed by atoms with van der Waals surface area (Å²) in [6, 6.07) is 11.5. The molecule has 9 nitrogen and oxygen atoms in total. The number of hydrogen-bond donors (Lipinski definition) is 1. The molecule has 0 saturated carbocycles. The number of ether oxygens (including phenoxy) is 1. The van der Waals surface area contributed by atoms with Crippen LogP contribution in [0.15, 0.2) is 53.7 Å². The number of aromatic nitrogens is 3. The first kappa shape index (κ1) is 24.2. The monoisotopic (exact) mass is 473 g/mol. The van der Waals surface area contributed by atoms with Gasteiger partial charge in [0.2, 0.25) is 5.91 Å². The number of nitrogens with one attached hydrogen (secondary N) is 1. The highest BCUT2D eigenvalue weighted by Gasteiger charge is 2.25. The van der Waals surface area contributed by atoms with Crippen molar-refractivity contribution in [1.82, 2.24) is 14.8 Å². The summed E-state index contributed by atoms with van der Waals surface area (Å²) < 4.78 is 20.9. The Kier molecular flexibility index (Phi) is 7.64. The summed E-state index contributed by atoms with van der Waals surface area (Å²) in [7, 11) is 0. The van der Waals surface area contributed by atoms with E-state index >= 15 is 0 Å². The minimum Gasteiger partial charge on any atom is -0.483 e. The van der Waals surface area contributed by atoms with Crippen LogP contribution < -0.4 is 10.1 Å². The number of nitro groups is 1. The van der Waals surface area contributed by atoms with Crippen LogP contribution in [0.2, 0.25) is 0 Å². The van der Waals surface area contributed by atoms with Gasteiger partial charge in [0.25, 0.3) is 5.69 Å². The molecule has 174 valence electrons. The molecule has 3 aromatic rings. The highest BCUT2D eigenvalue weighted by atomic mass is 32.2. The van der Waals surface area contributed by atoms with E-state index < -0.39 is 16.3 Å². The molecule has 1 heterocycles. The maximum Gasteiger partial charge on any atom is 0.271 e. The number of anilines is 1. The molecular weight excluding hydrogens is 449 g/mol. The zero-order valence-corrected chi connectivity index (χ0v) is 19.4. The lowest BCUT2D eigenvalue weighted by Gasteiger charge is -2.19. The summed E-state index contributed by atoms with van der Waals surface area (Å²) in [5.74, 6) is 0.400. The molecule has 0 radical (unpaired) electrons. The Morgan fingerprint density at radius 1 is 1.15 bits per heavy atom. The van der Waals surface area contributed by atoms with E-state index in [2.05, 4.69) is 15.5 Å². The molecule has 0 aliphatic heterocycles. The highest BCUT2D eigenvalue weighted by Crippen LogP contribution is 2.30. The van der Waals surface area contributed by atoms with Gasteiger partial charge in [0.1, 0.15) is 11.6 Å². The molecule has 11 heteroatoms. The summed E-state index contributed by atoms with van der Waals surface area (Å²) >= 11 is 1.22. The van der Waals surface area contributed by atoms with Crippen LogP contribution in [0.5, 0.6) is 5.75 Å². The third kappa shape index (κ3) is 6.07. The van der Waals surface area contributed by atoms with Crippen molar-refractivity contribution in [3.8, 4) is 5.75 Å². The van der Waals surface area contributed by atoms with Crippen molar-refractivity contribution in [2.45, 2.75) is 50.2 Å². The van der Waals surface area contributed by atoms with Crippen LogP contribution in [0.3, 0.4) is 0 Å². The van der Waals surface area contributed by atoms with Gasteiger partial charge in [-0.05, 0) is 58.0 Å². The number of hydrogen-bond acceptors (Lipinski definition) is 7. The first-order valence-corrected chi connectivity index (χ1v) is 11.1. The smallest absolute Gasteiger partial charge is 0.271 e. The van der Waals surface area contributed by atoms with E-state index in [1.165, 1.54) is 54.2 Å². The summed E-state index contributed by atoms with van der Waals surface area (Å²) in [4.78, 5) is 23.1. The van der Waals surface area contributed by atoms with Crippen LogP contribution >= 0.6 is 11.8 Å². The number of rotatable bonds is 9. The van der Waals surface area contributed by atoms with Crippen LogP contribution in [0, 0.1) is 15.9 Å². The van der Waals surface area contributed by atoms with E-state index in [4.69, 9.17) is 4.74 Å². The highest BCUT2D eigenvalue weighted by molar-refractivity contribution is 8.00. The van der Waals surface area contributed by atoms with Crippen LogP contribution in [0.25, 0.3) is 0 Å². The molecule has 0 aliphatic rings. The maximum atomic E-state index is 13.2. The van der Waals surface area contributed by atoms with Crippen molar-refractivity contribution in [3.63, 3.8) is 0 Å². The second-order valence-electron chi connectivity index (χ2n) is 7.58. The van der Waals surface area contributed by atoms with Gasteiger partial charge in [0.15, 0.2) is 17.1 Å². The third-order valence-corrected chi connectivity index (χ3v) is 5.73. The Bertz CT molecular complexity index is 1140. The normalized spacial score (nSPS) is 12.9. The van der Waals surface area contributed by atoms with Crippen molar-refractivity contribution in [2.24, 2.45) is 0 Å². The number of benzene rings is 2. The average molecular weight is 474 g/mol. The van der Waals surface area contributed by atoms with Gasteiger partial charge in [-0.1, -0.05) is 17.8 Å². The topological polar surface area (TPSA) is 112 Å². The van der Waals surface area contributed by atoms with Gasteiger partial charge < -0.3 is 14.6 Å². The molecule has 3 rings (SSSR count). The molecule has 33 heavy (non-hydrogen) atoms. The summed E-state index contributed by atoms with van der Waals surface area (Å²) in [6.45, 7) is 7.47. The molecule has 1 N–H and O–H groups in total. The van der Waals surface area contributed by atoms with Gasteiger partial charge in [0.05, 0.1) is 10.2 Å². The van der Waals surface area contributed by atoms with E-state index in [9.17, 15) is 19.3 Å². The van der Waals surface area contributed by atoms with Gasteiger partial charge in [-0.25, -0.2) is 4.39 Å². The lowest BCUT2D eigenvalue weighted by atomic mass is 10.2. The summed E-state index contributed by atoms with van der Waals surface area (Å²) in [5, 5.41) is 22.1. The number of carbonyl (C=O) groups is 1. The fourth-order valence-electron chi connectivity index (χ4n) is 3.05. The number of non-ortho nitro benzene ring substituents is 1. The fourth-order valence-corrected chi connectivity index (χ4v) is 4.04. The molecular formula is C22H24FN5O4S. The van der Waals surface area contributed by atoms with Crippen molar-refractivity contribution in [2.75, 3.05) is 5.32 Å². The number of nitrogens with zero attached hydrogens (tertiary/aromatic N) is 4. The number of amides is 1. The van der Waals surface area contributed by atoms with Gasteiger partial charge in [-0.3, -0.25) is 14.9 Å². The second-order valence-corrected chi connectivity index (χ2v) is 8.88. The molecule has 2 unspecified atom stereocenters. The zero-order chi connectivity index (χ0) is 24.1. The molecule has 0 saturated heterocycles. The Morgan fingerprint density at radius 3 is 2.48 bits per heavy atom. The number of halogens is 1. The molecule has 2 atom stereocenters. The Labute approximate surface area is 194 Å². The molecule has 0 bridgehead atoms. The van der Waals surface area contributed by atoms with Crippen LogP contribution in [0.1, 0.15) is 45.7 Å². The lowest BCUT2D eigenvalue weighted by Crippen LogP contribution is -2.23. The van der Waals surface area contributed by atoms with E-state index in [0.717, 1.165) is 0 Å². The largest absolute Gasteiger partial charge is 0.483 e. The van der Waals surface area contributed by atoms with E-state index in [-0.39, 0.29) is 23.5 Å². The minimum atomic E-state index is -0.549. The van der Waals surface area contributed by atoms with Gasteiger partial charge in [0, 0.05) is 23.9 Å². The van der Waals surface area contributed by atoms with Gasteiger partial charge in [-0.15, -0.1) is 10.2 Å². The van der Waals surface area contributed by atoms with Gasteiger partial charge in [-0.2, -0.15) is 0 Å². The quantitative estimate of drug-likeness (QED) is 0.259. The second kappa shape index (κ2) is 10.4. The first-order valence-electron chi connectivity index (χ1n) is 10.2. The number of nitro benzene ring substituents is 1. The van der Waals surface area contributed by atoms with E-state index in [0.29, 0.717) is 22.4 Å². The first-order chi connectivity index (χ1) is 15.7. The third-order valence-electron chi connectivity index (χ3n) is 4.67. The van der Waals surface area contributed by atoms with Crippen LogP contribution in [0.4, 0.5) is 15.8 Å². The van der Waals surface area contributed by atoms with Crippen molar-refractivity contribution < 1.29 is 18.8 Å². The SMILES string of the molecule is CC(Sc1nnc(C(C)Oc2ccc(F)cc2)n1C(C)C)C(=O)Nc1cccc([N+](=O)[O-])c1. The number of carbonyl (C=O) groups excluding carboxylic acids is 1. The lowest BCUT2D eigenvalue weighted by molar-refractivity contribution is -0.384. The minimum absolute atomic E-state index is 0.0104. The van der Waals surface area contributed by atoms with Gasteiger partial charge >= 0.3 is 0 Å².